The average Bonchev–Trinajstić information content (AvgIpc) is 2.88. The first-order chi connectivity index (χ1) is 9.97. The van der Waals surface area contributed by atoms with E-state index in [-0.39, 0.29) is 0 Å². The van der Waals surface area contributed by atoms with Gasteiger partial charge in [-0.2, -0.15) is 11.8 Å². The molecule has 0 spiro atoms. The second kappa shape index (κ2) is 7.44. The number of thiazole rings is 1. The van der Waals surface area contributed by atoms with Gasteiger partial charge in [-0.15, -0.1) is 11.3 Å². The van der Waals surface area contributed by atoms with Gasteiger partial charge in [0.1, 0.15) is 0 Å². The summed E-state index contributed by atoms with van der Waals surface area (Å²) in [5.41, 5.74) is 1.19. The number of rotatable bonds is 6. The first kappa shape index (κ1) is 17.3. The van der Waals surface area contributed by atoms with E-state index in [1.54, 1.807) is 0 Å². The van der Waals surface area contributed by atoms with Gasteiger partial charge in [0.15, 0.2) is 0 Å². The Balaban J connectivity index is 1.99. The van der Waals surface area contributed by atoms with Gasteiger partial charge in [0.2, 0.25) is 0 Å². The summed E-state index contributed by atoms with van der Waals surface area (Å²) in [5, 5.41) is 5.00. The summed E-state index contributed by atoms with van der Waals surface area (Å²) < 4.78 is 5.86. The molecule has 0 radical (unpaired) electrons. The van der Waals surface area contributed by atoms with Gasteiger partial charge in [-0.05, 0) is 32.9 Å². The van der Waals surface area contributed by atoms with Crippen LogP contribution in [0.4, 0.5) is 0 Å². The van der Waals surface area contributed by atoms with Crippen molar-refractivity contribution in [3.63, 3.8) is 0 Å². The third-order valence-electron chi connectivity index (χ3n) is 4.30. The quantitative estimate of drug-likeness (QED) is 0.851. The Bertz CT molecular complexity index is 453. The Morgan fingerprint density at radius 2 is 2.00 bits per heavy atom. The fraction of sp³-hybridized carbons (Fsp3) is 0.812. The van der Waals surface area contributed by atoms with Crippen LogP contribution in [0.3, 0.4) is 0 Å². The molecule has 1 fully saturated rings. The van der Waals surface area contributed by atoms with E-state index in [2.05, 4.69) is 39.3 Å². The Hall–Kier alpha value is -0.100. The van der Waals surface area contributed by atoms with Gasteiger partial charge < -0.3 is 10.1 Å². The number of aryl methyl sites for hydroxylation is 1. The van der Waals surface area contributed by atoms with E-state index in [0.29, 0.717) is 16.7 Å². The Labute approximate surface area is 137 Å². The predicted octanol–water partition coefficient (Wildman–Crippen LogP) is 4.14. The van der Waals surface area contributed by atoms with Gasteiger partial charge in [-0.1, -0.05) is 13.8 Å². The van der Waals surface area contributed by atoms with Gasteiger partial charge in [-0.25, -0.2) is 4.98 Å². The first-order valence-corrected chi connectivity index (χ1v) is 9.85. The highest BCUT2D eigenvalue weighted by Crippen LogP contribution is 2.35. The molecular weight excluding hydrogens is 300 g/mol. The molecule has 1 aliphatic heterocycles. The van der Waals surface area contributed by atoms with Crippen molar-refractivity contribution in [2.45, 2.75) is 57.2 Å². The van der Waals surface area contributed by atoms with Crippen molar-refractivity contribution in [1.82, 2.24) is 10.3 Å². The van der Waals surface area contributed by atoms with E-state index < -0.39 is 0 Å². The maximum atomic E-state index is 5.52. The van der Waals surface area contributed by atoms with Crippen molar-refractivity contribution in [2.24, 2.45) is 0 Å². The van der Waals surface area contributed by atoms with Crippen molar-refractivity contribution < 1.29 is 4.74 Å². The molecule has 1 N–H and O–H groups in total. The highest BCUT2D eigenvalue weighted by molar-refractivity contribution is 8.00. The summed E-state index contributed by atoms with van der Waals surface area (Å²) in [7, 11) is 0. The van der Waals surface area contributed by atoms with Crippen LogP contribution in [-0.2, 0) is 4.74 Å². The molecule has 2 heterocycles. The van der Waals surface area contributed by atoms with Gasteiger partial charge in [0, 0.05) is 41.3 Å². The summed E-state index contributed by atoms with van der Waals surface area (Å²) in [6.45, 7) is 11.7. The molecule has 2 rings (SSSR count). The molecule has 0 aromatic carbocycles. The Kier molecular flexibility index (Phi) is 6.12. The van der Waals surface area contributed by atoms with E-state index >= 15 is 0 Å². The molecule has 1 saturated heterocycles. The smallest absolute Gasteiger partial charge is 0.0956 e. The second-order valence-corrected chi connectivity index (χ2v) is 8.60. The molecule has 1 aromatic heterocycles. The molecule has 0 amide bonds. The van der Waals surface area contributed by atoms with Crippen LogP contribution in [0, 0.1) is 6.92 Å². The van der Waals surface area contributed by atoms with Crippen LogP contribution in [0.15, 0.2) is 0 Å². The number of hydrogen-bond acceptors (Lipinski definition) is 5. The molecule has 3 nitrogen and oxygen atoms in total. The summed E-state index contributed by atoms with van der Waals surface area (Å²) in [4.78, 5) is 6.11. The lowest BCUT2D eigenvalue weighted by molar-refractivity contribution is 0.0767. The van der Waals surface area contributed by atoms with Gasteiger partial charge in [-0.3, -0.25) is 0 Å². The monoisotopic (exact) mass is 328 g/mol. The molecule has 0 aliphatic carbocycles. The topological polar surface area (TPSA) is 34.2 Å². The minimum absolute atomic E-state index is 0.339. The third-order valence-corrected chi connectivity index (χ3v) is 7.36. The second-order valence-electron chi connectivity index (χ2n) is 6.26. The van der Waals surface area contributed by atoms with Crippen molar-refractivity contribution in [3.05, 3.63) is 15.6 Å². The Morgan fingerprint density at radius 3 is 2.52 bits per heavy atom. The Morgan fingerprint density at radius 1 is 1.33 bits per heavy atom. The number of nitrogens with zero attached hydrogens (tertiary/aromatic N) is 1. The molecule has 1 atom stereocenters. The van der Waals surface area contributed by atoms with Gasteiger partial charge in [0.05, 0.1) is 10.7 Å². The van der Waals surface area contributed by atoms with E-state index in [1.165, 1.54) is 15.6 Å². The number of ether oxygens (including phenoxy) is 1. The minimum atomic E-state index is 0.339. The number of thioether (sulfide) groups is 1. The highest BCUT2D eigenvalue weighted by Gasteiger charge is 2.32. The number of aromatic nitrogens is 1. The molecule has 0 saturated carbocycles. The molecule has 0 unspecified atom stereocenters. The summed E-state index contributed by atoms with van der Waals surface area (Å²) in [5.74, 6) is 0.516. The zero-order valence-electron chi connectivity index (χ0n) is 13.9. The van der Waals surface area contributed by atoms with Crippen LogP contribution in [0.1, 0.15) is 61.2 Å². The molecule has 21 heavy (non-hydrogen) atoms. The summed E-state index contributed by atoms with van der Waals surface area (Å²) >= 11 is 3.85. The number of nitrogens with one attached hydrogen (secondary N) is 1. The summed E-state index contributed by atoms with van der Waals surface area (Å²) in [6.07, 6.45) is 4.52. The van der Waals surface area contributed by atoms with Crippen molar-refractivity contribution >= 4 is 23.1 Å². The van der Waals surface area contributed by atoms with Crippen LogP contribution in [0.25, 0.3) is 0 Å². The molecule has 1 aliphatic rings. The standard InChI is InChI=1S/C16H28N2OS2/c1-11(2)15-18-13(4)14(21-15)12(3)17-10-16(20-5)6-8-19-9-7-16/h11-12,17H,6-10H2,1-5H3/t12-/m1/s1. The third kappa shape index (κ3) is 4.21. The van der Waals surface area contributed by atoms with Gasteiger partial charge in [0.25, 0.3) is 0 Å². The van der Waals surface area contributed by atoms with Crippen LogP contribution in [0.2, 0.25) is 0 Å². The summed E-state index contributed by atoms with van der Waals surface area (Å²) in [6, 6.07) is 0.377. The first-order valence-electron chi connectivity index (χ1n) is 7.81. The van der Waals surface area contributed by atoms with E-state index in [4.69, 9.17) is 9.72 Å². The van der Waals surface area contributed by atoms with Crippen LogP contribution in [0.5, 0.6) is 0 Å². The van der Waals surface area contributed by atoms with Crippen molar-refractivity contribution in [2.75, 3.05) is 26.0 Å². The fourth-order valence-corrected chi connectivity index (χ4v) is 4.61. The minimum Gasteiger partial charge on any atom is -0.381 e. The zero-order valence-corrected chi connectivity index (χ0v) is 15.5. The van der Waals surface area contributed by atoms with Crippen LogP contribution >= 0.6 is 23.1 Å². The lowest BCUT2D eigenvalue weighted by Gasteiger charge is -2.36. The SMILES string of the molecule is CSC1(CN[C@H](C)c2sc(C(C)C)nc2C)CCOCC1. The molecule has 1 aromatic rings. The molecule has 120 valence electrons. The molecule has 5 heteroatoms. The predicted molar refractivity (Wildman–Crippen MR) is 93.7 cm³/mol. The largest absolute Gasteiger partial charge is 0.381 e. The lowest BCUT2D eigenvalue weighted by atomic mass is 9.98. The van der Waals surface area contributed by atoms with Crippen molar-refractivity contribution in [3.8, 4) is 0 Å². The number of hydrogen-bond donors (Lipinski definition) is 1. The molecule has 0 bridgehead atoms. The average molecular weight is 329 g/mol. The maximum absolute atomic E-state index is 5.52. The van der Waals surface area contributed by atoms with Crippen LogP contribution in [-0.4, -0.2) is 35.7 Å². The van der Waals surface area contributed by atoms with Crippen LogP contribution < -0.4 is 5.32 Å². The maximum Gasteiger partial charge on any atom is 0.0956 e. The fourth-order valence-electron chi connectivity index (χ4n) is 2.71. The zero-order chi connectivity index (χ0) is 15.5. The van der Waals surface area contributed by atoms with Crippen molar-refractivity contribution in [1.29, 1.82) is 0 Å². The lowest BCUT2D eigenvalue weighted by Crippen LogP contribution is -2.43. The van der Waals surface area contributed by atoms with E-state index in [1.807, 2.05) is 23.1 Å². The van der Waals surface area contributed by atoms with E-state index in [9.17, 15) is 0 Å². The normalized spacial score (nSPS) is 19.9. The highest BCUT2D eigenvalue weighted by atomic mass is 32.2. The van der Waals surface area contributed by atoms with E-state index in [0.717, 1.165) is 32.6 Å². The molecular formula is C16H28N2OS2. The van der Waals surface area contributed by atoms with Gasteiger partial charge >= 0.3 is 0 Å².